The van der Waals surface area contributed by atoms with Gasteiger partial charge in [0.05, 0.1) is 12.2 Å². The molecule has 0 bridgehead atoms. The van der Waals surface area contributed by atoms with E-state index >= 15 is 0 Å². The summed E-state index contributed by atoms with van der Waals surface area (Å²) in [6.45, 7) is 10.5. The molecule has 0 unspecified atom stereocenters. The molecule has 6 nitrogen and oxygen atoms in total. The van der Waals surface area contributed by atoms with Crippen molar-refractivity contribution < 1.29 is 9.53 Å². The van der Waals surface area contributed by atoms with Gasteiger partial charge in [0.2, 0.25) is 0 Å². The molecule has 20 heavy (non-hydrogen) atoms. The normalized spacial score (nSPS) is 15.4. The molecule has 6 heteroatoms. The highest BCUT2D eigenvalue weighted by atomic mass is 16.6. The topological polar surface area (TPSA) is 67.3 Å². The van der Waals surface area contributed by atoms with Crippen LogP contribution in [-0.2, 0) is 17.7 Å². The number of rotatable bonds is 1. The molecule has 2 heterocycles. The number of aromatic amines is 1. The molecule has 2 rings (SSSR count). The Morgan fingerprint density at radius 1 is 1.35 bits per heavy atom. The lowest BCUT2D eigenvalue weighted by molar-refractivity contribution is 0.0217. The van der Waals surface area contributed by atoms with E-state index in [2.05, 4.69) is 5.10 Å². The second kappa shape index (κ2) is 5.00. The average molecular weight is 281 g/mol. The molecule has 0 radical (unpaired) electrons. The molecule has 0 saturated heterocycles. The molecule has 0 atom stereocenters. The molecule has 1 N–H and O–H groups in total. The van der Waals surface area contributed by atoms with Gasteiger partial charge in [-0.1, -0.05) is 0 Å². The lowest BCUT2D eigenvalue weighted by atomic mass is 10.1. The molecule has 0 aromatic carbocycles. The third-order valence-electron chi connectivity index (χ3n) is 3.28. The number of carbonyl (C=O) groups excluding carboxylic acids is 1. The lowest BCUT2D eigenvalue weighted by Gasteiger charge is -2.30. The van der Waals surface area contributed by atoms with Crippen molar-refractivity contribution in [3.63, 3.8) is 0 Å². The third-order valence-corrected chi connectivity index (χ3v) is 3.28. The number of hydrogen-bond donors (Lipinski definition) is 1. The van der Waals surface area contributed by atoms with Gasteiger partial charge in [0, 0.05) is 18.2 Å². The minimum atomic E-state index is -0.507. The van der Waals surface area contributed by atoms with E-state index in [1.807, 2.05) is 39.3 Å². The molecule has 112 valence electrons. The lowest BCUT2D eigenvalue weighted by Crippen LogP contribution is -2.41. The fraction of sp³-hybridized carbons (Fsp3) is 0.714. The molecule has 1 aliphatic heterocycles. The Labute approximate surface area is 118 Å². The third kappa shape index (κ3) is 2.89. The van der Waals surface area contributed by atoms with Crippen molar-refractivity contribution in [1.82, 2.24) is 14.7 Å². The van der Waals surface area contributed by atoms with Gasteiger partial charge >= 0.3 is 6.09 Å². The molecular weight excluding hydrogens is 258 g/mol. The number of ether oxygens (including phenoxy) is 1. The SMILES string of the molecule is CC(C)n1[nH]c(=O)c2c1CN(C(=O)OC(C)(C)C)CC2. The van der Waals surface area contributed by atoms with E-state index < -0.39 is 5.60 Å². The molecular formula is C14H23N3O3. The molecule has 0 saturated carbocycles. The zero-order valence-corrected chi connectivity index (χ0v) is 12.8. The predicted molar refractivity (Wildman–Crippen MR) is 75.8 cm³/mol. The number of nitrogens with one attached hydrogen (secondary N) is 1. The maximum Gasteiger partial charge on any atom is 0.410 e. The number of carbonyl (C=O) groups is 1. The van der Waals surface area contributed by atoms with Gasteiger partial charge in [0.25, 0.3) is 5.56 Å². The number of amides is 1. The summed E-state index contributed by atoms with van der Waals surface area (Å²) in [5.74, 6) is 0. The van der Waals surface area contributed by atoms with E-state index in [9.17, 15) is 9.59 Å². The van der Waals surface area contributed by atoms with Crippen LogP contribution in [0.3, 0.4) is 0 Å². The first kappa shape index (κ1) is 14.7. The summed E-state index contributed by atoms with van der Waals surface area (Å²) >= 11 is 0. The summed E-state index contributed by atoms with van der Waals surface area (Å²) in [7, 11) is 0. The molecule has 1 aromatic heterocycles. The Morgan fingerprint density at radius 3 is 2.55 bits per heavy atom. The van der Waals surface area contributed by atoms with Crippen molar-refractivity contribution in [3.8, 4) is 0 Å². The van der Waals surface area contributed by atoms with Crippen molar-refractivity contribution in [2.45, 2.75) is 59.2 Å². The molecule has 1 aromatic rings. The number of nitrogens with zero attached hydrogens (tertiary/aromatic N) is 2. The Morgan fingerprint density at radius 2 is 2.00 bits per heavy atom. The molecule has 0 spiro atoms. The van der Waals surface area contributed by atoms with Crippen LogP contribution in [0.4, 0.5) is 4.79 Å². The highest BCUT2D eigenvalue weighted by Gasteiger charge is 2.29. The first-order valence-electron chi connectivity index (χ1n) is 6.99. The van der Waals surface area contributed by atoms with E-state index in [1.54, 1.807) is 4.90 Å². The summed E-state index contributed by atoms with van der Waals surface area (Å²) < 4.78 is 7.23. The maximum absolute atomic E-state index is 12.1. The Hall–Kier alpha value is -1.72. The van der Waals surface area contributed by atoms with Crippen LogP contribution in [0.5, 0.6) is 0 Å². The average Bonchev–Trinajstić information content (AvgIpc) is 2.64. The van der Waals surface area contributed by atoms with Crippen LogP contribution in [-0.4, -0.2) is 32.9 Å². The first-order valence-corrected chi connectivity index (χ1v) is 6.99. The van der Waals surface area contributed by atoms with Gasteiger partial charge in [0.15, 0.2) is 0 Å². The highest BCUT2D eigenvalue weighted by Crippen LogP contribution is 2.20. The van der Waals surface area contributed by atoms with E-state index in [-0.39, 0.29) is 17.7 Å². The molecule has 0 fully saturated rings. The minimum Gasteiger partial charge on any atom is -0.444 e. The smallest absolute Gasteiger partial charge is 0.410 e. The zero-order chi connectivity index (χ0) is 15.1. The van der Waals surface area contributed by atoms with Gasteiger partial charge in [-0.25, -0.2) is 4.79 Å². The van der Waals surface area contributed by atoms with Crippen LogP contribution < -0.4 is 5.56 Å². The number of hydrogen-bond acceptors (Lipinski definition) is 3. The number of H-pyrrole nitrogens is 1. The van der Waals surface area contributed by atoms with Crippen molar-refractivity contribution in [1.29, 1.82) is 0 Å². The van der Waals surface area contributed by atoms with Crippen LogP contribution >= 0.6 is 0 Å². The summed E-state index contributed by atoms with van der Waals surface area (Å²) in [5.41, 5.74) is 1.13. The maximum atomic E-state index is 12.1. The number of aromatic nitrogens is 2. The van der Waals surface area contributed by atoms with Gasteiger partial charge < -0.3 is 9.64 Å². The Bertz CT molecular complexity index is 563. The largest absolute Gasteiger partial charge is 0.444 e. The van der Waals surface area contributed by atoms with Crippen LogP contribution in [0.15, 0.2) is 4.79 Å². The summed E-state index contributed by atoms with van der Waals surface area (Å²) in [5, 5.41) is 2.84. The Balaban J connectivity index is 2.22. The summed E-state index contributed by atoms with van der Waals surface area (Å²) in [6.07, 6.45) is 0.246. The van der Waals surface area contributed by atoms with E-state index in [0.717, 1.165) is 11.3 Å². The molecule has 0 aliphatic carbocycles. The van der Waals surface area contributed by atoms with Gasteiger partial charge in [-0.15, -0.1) is 0 Å². The van der Waals surface area contributed by atoms with Crippen LogP contribution in [0, 0.1) is 0 Å². The summed E-state index contributed by atoms with van der Waals surface area (Å²) in [4.78, 5) is 25.7. The second-order valence-corrected chi connectivity index (χ2v) is 6.48. The highest BCUT2D eigenvalue weighted by molar-refractivity contribution is 5.68. The van der Waals surface area contributed by atoms with E-state index in [0.29, 0.717) is 19.5 Å². The zero-order valence-electron chi connectivity index (χ0n) is 12.8. The van der Waals surface area contributed by atoms with Crippen LogP contribution in [0.25, 0.3) is 0 Å². The monoisotopic (exact) mass is 281 g/mol. The quantitative estimate of drug-likeness (QED) is 0.856. The van der Waals surface area contributed by atoms with E-state index in [4.69, 9.17) is 4.74 Å². The molecule has 1 aliphatic rings. The fourth-order valence-electron chi connectivity index (χ4n) is 2.38. The second-order valence-electron chi connectivity index (χ2n) is 6.48. The first-order chi connectivity index (χ1) is 9.19. The predicted octanol–water partition coefficient (Wildman–Crippen LogP) is 2.05. The van der Waals surface area contributed by atoms with Crippen LogP contribution in [0.1, 0.15) is 51.9 Å². The summed E-state index contributed by atoms with van der Waals surface area (Å²) in [6, 6.07) is 0.157. The van der Waals surface area contributed by atoms with Crippen molar-refractivity contribution in [3.05, 3.63) is 21.6 Å². The van der Waals surface area contributed by atoms with E-state index in [1.165, 1.54) is 0 Å². The van der Waals surface area contributed by atoms with Crippen molar-refractivity contribution in [2.75, 3.05) is 6.54 Å². The minimum absolute atomic E-state index is 0.0439. The fourth-order valence-corrected chi connectivity index (χ4v) is 2.38. The van der Waals surface area contributed by atoms with Gasteiger partial charge in [-0.05, 0) is 41.0 Å². The standard InChI is InChI=1S/C14H23N3O3/c1-9(2)17-11-8-16(13(19)20-14(3,4)5)7-6-10(11)12(18)15-17/h9H,6-8H2,1-5H3,(H,15,18). The molecule has 1 amide bonds. The van der Waals surface area contributed by atoms with Crippen LogP contribution in [0.2, 0.25) is 0 Å². The van der Waals surface area contributed by atoms with Gasteiger partial charge in [-0.3, -0.25) is 14.6 Å². The van der Waals surface area contributed by atoms with Crippen molar-refractivity contribution in [2.24, 2.45) is 0 Å². The Kier molecular flexibility index (Phi) is 3.67. The van der Waals surface area contributed by atoms with Gasteiger partial charge in [0.1, 0.15) is 5.60 Å². The van der Waals surface area contributed by atoms with Crippen molar-refractivity contribution >= 4 is 6.09 Å². The van der Waals surface area contributed by atoms with Gasteiger partial charge in [-0.2, -0.15) is 0 Å². The number of fused-ring (bicyclic) bond motifs is 1.